The van der Waals surface area contributed by atoms with Gasteiger partial charge in [0, 0.05) is 22.6 Å². The van der Waals surface area contributed by atoms with E-state index in [0.717, 1.165) is 22.8 Å². The van der Waals surface area contributed by atoms with Crippen molar-refractivity contribution in [3.05, 3.63) is 52.0 Å². The van der Waals surface area contributed by atoms with E-state index >= 15 is 0 Å². The minimum Gasteiger partial charge on any atom is -0.474 e. The maximum Gasteiger partial charge on any atom is 0.156 e. The van der Waals surface area contributed by atoms with Gasteiger partial charge in [0.15, 0.2) is 6.23 Å². The molecule has 0 spiro atoms. The average Bonchev–Trinajstić information content (AvgIpc) is 2.85. The number of ether oxygens (including phenoxy) is 1. The van der Waals surface area contributed by atoms with Crippen molar-refractivity contribution in [3.63, 3.8) is 0 Å². The molecule has 1 atom stereocenters. The molecule has 3 rings (SSSR count). The highest BCUT2D eigenvalue weighted by Gasteiger charge is 2.28. The lowest BCUT2D eigenvalue weighted by atomic mass is 9.95. The van der Waals surface area contributed by atoms with Crippen LogP contribution in [-0.4, -0.2) is 25.2 Å². The summed E-state index contributed by atoms with van der Waals surface area (Å²) in [6, 6.07) is 10.4. The SMILES string of the molecule is Cc1cccc(-c2cc(Cl)cc3c2OC(N(C)C)C3)c1C. The number of aryl methyl sites for hydroxylation is 1. The highest BCUT2D eigenvalue weighted by Crippen LogP contribution is 2.42. The zero-order chi connectivity index (χ0) is 15.1. The van der Waals surface area contributed by atoms with Gasteiger partial charge in [-0.25, -0.2) is 0 Å². The first-order valence-corrected chi connectivity index (χ1v) is 7.57. The molecule has 0 bridgehead atoms. The molecular weight excluding hydrogens is 282 g/mol. The molecular formula is C18H20ClNO. The lowest BCUT2D eigenvalue weighted by Crippen LogP contribution is -2.31. The number of fused-ring (bicyclic) bond motifs is 1. The molecule has 0 saturated carbocycles. The Kier molecular flexibility index (Phi) is 3.68. The first kappa shape index (κ1) is 14.4. The normalized spacial score (nSPS) is 17.0. The molecule has 2 aromatic rings. The number of likely N-dealkylation sites (N-methyl/N-ethyl adjacent to an activating group) is 1. The van der Waals surface area contributed by atoms with E-state index < -0.39 is 0 Å². The molecule has 3 heteroatoms. The summed E-state index contributed by atoms with van der Waals surface area (Å²) in [5.41, 5.74) is 6.05. The number of hydrogen-bond acceptors (Lipinski definition) is 2. The van der Waals surface area contributed by atoms with Crippen LogP contribution >= 0.6 is 11.6 Å². The van der Waals surface area contributed by atoms with Gasteiger partial charge in [-0.05, 0) is 56.8 Å². The third-order valence-corrected chi connectivity index (χ3v) is 4.47. The van der Waals surface area contributed by atoms with Crippen LogP contribution in [0, 0.1) is 13.8 Å². The summed E-state index contributed by atoms with van der Waals surface area (Å²) >= 11 is 6.33. The van der Waals surface area contributed by atoms with Crippen molar-refractivity contribution >= 4 is 11.6 Å². The second-order valence-electron chi connectivity index (χ2n) is 5.93. The first-order valence-electron chi connectivity index (χ1n) is 7.19. The molecule has 0 aromatic heterocycles. The van der Waals surface area contributed by atoms with E-state index in [4.69, 9.17) is 16.3 Å². The Bertz CT molecular complexity index is 694. The standard InChI is InChI=1S/C18H20ClNO/c1-11-6-5-7-15(12(11)2)16-10-14(19)8-13-9-17(20(3)4)21-18(13)16/h5-8,10,17H,9H2,1-4H3. The van der Waals surface area contributed by atoms with Gasteiger partial charge in [-0.3, -0.25) is 4.90 Å². The van der Waals surface area contributed by atoms with E-state index in [1.54, 1.807) is 0 Å². The zero-order valence-corrected chi connectivity index (χ0v) is 13.7. The van der Waals surface area contributed by atoms with Gasteiger partial charge in [-0.1, -0.05) is 29.8 Å². The van der Waals surface area contributed by atoms with E-state index in [0.29, 0.717) is 0 Å². The third-order valence-electron chi connectivity index (χ3n) is 4.25. The van der Waals surface area contributed by atoms with Gasteiger partial charge in [0.25, 0.3) is 0 Å². The van der Waals surface area contributed by atoms with E-state index in [1.807, 2.05) is 26.2 Å². The van der Waals surface area contributed by atoms with Crippen LogP contribution in [0.15, 0.2) is 30.3 Å². The van der Waals surface area contributed by atoms with Crippen LogP contribution in [-0.2, 0) is 6.42 Å². The average molecular weight is 302 g/mol. The van der Waals surface area contributed by atoms with Crippen LogP contribution in [0.1, 0.15) is 16.7 Å². The van der Waals surface area contributed by atoms with Crippen LogP contribution < -0.4 is 4.74 Å². The number of halogens is 1. The molecule has 0 aliphatic carbocycles. The molecule has 1 heterocycles. The van der Waals surface area contributed by atoms with Gasteiger partial charge in [-0.2, -0.15) is 0 Å². The molecule has 0 amide bonds. The van der Waals surface area contributed by atoms with Crippen molar-refractivity contribution in [1.29, 1.82) is 0 Å². The van der Waals surface area contributed by atoms with Crippen LogP contribution in [0.5, 0.6) is 5.75 Å². The topological polar surface area (TPSA) is 12.5 Å². The van der Waals surface area contributed by atoms with E-state index in [-0.39, 0.29) is 6.23 Å². The van der Waals surface area contributed by atoms with Crippen molar-refractivity contribution in [2.45, 2.75) is 26.5 Å². The summed E-state index contributed by atoms with van der Waals surface area (Å²) in [7, 11) is 4.07. The lowest BCUT2D eigenvalue weighted by Gasteiger charge is -2.19. The molecule has 1 aliphatic rings. The summed E-state index contributed by atoms with van der Waals surface area (Å²) < 4.78 is 6.17. The minimum atomic E-state index is 0.0855. The predicted molar refractivity (Wildman–Crippen MR) is 88.2 cm³/mol. The Labute approximate surface area is 131 Å². The van der Waals surface area contributed by atoms with Gasteiger partial charge in [0.1, 0.15) is 5.75 Å². The fraction of sp³-hybridized carbons (Fsp3) is 0.333. The molecule has 0 saturated heterocycles. The molecule has 0 fully saturated rings. The van der Waals surface area contributed by atoms with Gasteiger partial charge < -0.3 is 4.74 Å². The van der Waals surface area contributed by atoms with Crippen LogP contribution in [0.3, 0.4) is 0 Å². The largest absolute Gasteiger partial charge is 0.474 e. The van der Waals surface area contributed by atoms with Gasteiger partial charge in [0.05, 0.1) is 0 Å². The van der Waals surface area contributed by atoms with E-state index in [9.17, 15) is 0 Å². The van der Waals surface area contributed by atoms with Crippen molar-refractivity contribution in [2.24, 2.45) is 0 Å². The van der Waals surface area contributed by atoms with E-state index in [1.165, 1.54) is 22.3 Å². The number of nitrogens with zero attached hydrogens (tertiary/aromatic N) is 1. The first-order chi connectivity index (χ1) is 9.97. The predicted octanol–water partition coefficient (Wildman–Crippen LogP) is 4.45. The molecule has 1 unspecified atom stereocenters. The Morgan fingerprint density at radius 1 is 1.14 bits per heavy atom. The van der Waals surface area contributed by atoms with Crippen molar-refractivity contribution in [1.82, 2.24) is 4.90 Å². The van der Waals surface area contributed by atoms with Crippen molar-refractivity contribution < 1.29 is 4.74 Å². The van der Waals surface area contributed by atoms with Gasteiger partial charge in [0.2, 0.25) is 0 Å². The number of hydrogen-bond donors (Lipinski definition) is 0. The molecule has 2 nitrogen and oxygen atoms in total. The van der Waals surface area contributed by atoms with Crippen molar-refractivity contribution in [2.75, 3.05) is 14.1 Å². The molecule has 21 heavy (non-hydrogen) atoms. The summed E-state index contributed by atoms with van der Waals surface area (Å²) in [5, 5.41) is 0.771. The van der Waals surface area contributed by atoms with Gasteiger partial charge >= 0.3 is 0 Å². The van der Waals surface area contributed by atoms with Crippen LogP contribution in [0.2, 0.25) is 5.02 Å². The maximum atomic E-state index is 6.33. The quantitative estimate of drug-likeness (QED) is 0.813. The van der Waals surface area contributed by atoms with Crippen LogP contribution in [0.25, 0.3) is 11.1 Å². The molecule has 0 radical (unpaired) electrons. The van der Waals surface area contributed by atoms with Gasteiger partial charge in [-0.15, -0.1) is 0 Å². The molecule has 1 aliphatic heterocycles. The smallest absolute Gasteiger partial charge is 0.156 e. The summed E-state index contributed by atoms with van der Waals surface area (Å²) in [6.07, 6.45) is 0.961. The second kappa shape index (κ2) is 5.36. The second-order valence-corrected chi connectivity index (χ2v) is 6.37. The fourth-order valence-corrected chi connectivity index (χ4v) is 3.08. The Balaban J connectivity index is 2.15. The highest BCUT2D eigenvalue weighted by molar-refractivity contribution is 6.31. The summed E-state index contributed by atoms with van der Waals surface area (Å²) in [5.74, 6) is 0.979. The fourth-order valence-electron chi connectivity index (χ4n) is 2.84. The summed E-state index contributed by atoms with van der Waals surface area (Å²) in [4.78, 5) is 2.10. The Morgan fingerprint density at radius 3 is 2.62 bits per heavy atom. The lowest BCUT2D eigenvalue weighted by molar-refractivity contribution is 0.0866. The Hall–Kier alpha value is -1.51. The van der Waals surface area contributed by atoms with Crippen LogP contribution in [0.4, 0.5) is 0 Å². The zero-order valence-electron chi connectivity index (χ0n) is 12.9. The maximum absolute atomic E-state index is 6.33. The van der Waals surface area contributed by atoms with E-state index in [2.05, 4.69) is 36.9 Å². The minimum absolute atomic E-state index is 0.0855. The monoisotopic (exact) mass is 301 g/mol. The summed E-state index contributed by atoms with van der Waals surface area (Å²) in [6.45, 7) is 4.28. The number of benzene rings is 2. The third kappa shape index (κ3) is 2.54. The Morgan fingerprint density at radius 2 is 1.90 bits per heavy atom. The molecule has 0 N–H and O–H groups in total. The molecule has 2 aromatic carbocycles. The van der Waals surface area contributed by atoms with Crippen molar-refractivity contribution in [3.8, 4) is 16.9 Å². The number of rotatable bonds is 2. The highest BCUT2D eigenvalue weighted by atomic mass is 35.5. The molecule has 110 valence electrons.